The molecule has 1 aromatic carbocycles. The summed E-state index contributed by atoms with van der Waals surface area (Å²) >= 11 is 0. The van der Waals surface area contributed by atoms with Gasteiger partial charge < -0.3 is 15.8 Å². The molecule has 2 atom stereocenters. The molecule has 5 heteroatoms. The zero-order chi connectivity index (χ0) is 15.8. The Bertz CT molecular complexity index is 471. The molecule has 0 radical (unpaired) electrons. The average molecular weight is 292 g/mol. The monoisotopic (exact) mass is 292 g/mol. The Morgan fingerprint density at radius 1 is 1.29 bits per heavy atom. The predicted octanol–water partition coefficient (Wildman–Crippen LogP) is 1.64. The molecule has 0 fully saturated rings. The second kappa shape index (κ2) is 8.29. The van der Waals surface area contributed by atoms with Crippen LogP contribution in [0, 0.1) is 5.92 Å². The summed E-state index contributed by atoms with van der Waals surface area (Å²) in [5.74, 6) is 0.179. The van der Waals surface area contributed by atoms with Crippen molar-refractivity contribution in [2.75, 3.05) is 7.11 Å². The van der Waals surface area contributed by atoms with Crippen LogP contribution in [0.1, 0.15) is 32.3 Å². The van der Waals surface area contributed by atoms with Crippen LogP contribution in [0.3, 0.4) is 0 Å². The highest BCUT2D eigenvalue weighted by molar-refractivity contribution is 5.86. The first kappa shape index (κ1) is 17.0. The number of carbonyl (C=O) groups excluding carboxylic acids is 2. The van der Waals surface area contributed by atoms with Crippen molar-refractivity contribution >= 4 is 11.8 Å². The van der Waals surface area contributed by atoms with Gasteiger partial charge in [0.15, 0.2) is 0 Å². The van der Waals surface area contributed by atoms with Gasteiger partial charge in [0, 0.05) is 6.42 Å². The van der Waals surface area contributed by atoms with Gasteiger partial charge in [0.1, 0.15) is 11.8 Å². The first-order chi connectivity index (χ1) is 9.97. The molecule has 2 amide bonds. The van der Waals surface area contributed by atoms with Gasteiger partial charge >= 0.3 is 0 Å². The normalized spacial score (nSPS) is 13.3. The molecule has 5 nitrogen and oxygen atoms in total. The molecule has 1 aromatic rings. The average Bonchev–Trinajstić information content (AvgIpc) is 2.50. The number of aryl methyl sites for hydroxylation is 1. The molecule has 0 bridgehead atoms. The number of methoxy groups -OCH3 is 1. The summed E-state index contributed by atoms with van der Waals surface area (Å²) in [5, 5.41) is 2.72. The smallest absolute Gasteiger partial charge is 0.240 e. The number of hydrogen-bond donors (Lipinski definition) is 2. The Labute approximate surface area is 125 Å². The molecule has 3 N–H and O–H groups in total. The number of nitrogens with two attached hydrogens (primary N) is 1. The minimum Gasteiger partial charge on any atom is -0.497 e. The third-order valence-corrected chi connectivity index (χ3v) is 3.64. The Kier molecular flexibility index (Phi) is 6.72. The number of ether oxygens (including phenoxy) is 1. The number of amides is 2. The van der Waals surface area contributed by atoms with Crippen LogP contribution in [0.2, 0.25) is 0 Å². The highest BCUT2D eigenvalue weighted by Gasteiger charge is 2.23. The van der Waals surface area contributed by atoms with E-state index < -0.39 is 11.9 Å². The van der Waals surface area contributed by atoms with Crippen LogP contribution in [-0.4, -0.2) is 25.0 Å². The lowest BCUT2D eigenvalue weighted by atomic mass is 9.98. The summed E-state index contributed by atoms with van der Waals surface area (Å²) in [6.45, 7) is 3.86. The molecule has 0 saturated carbocycles. The summed E-state index contributed by atoms with van der Waals surface area (Å²) in [6.07, 6.45) is 1.72. The van der Waals surface area contributed by atoms with Crippen molar-refractivity contribution in [3.8, 4) is 5.75 Å². The molecular weight excluding hydrogens is 268 g/mol. The lowest BCUT2D eigenvalue weighted by Gasteiger charge is -2.21. The summed E-state index contributed by atoms with van der Waals surface area (Å²) in [5.41, 5.74) is 6.38. The number of rotatable bonds is 8. The van der Waals surface area contributed by atoms with Gasteiger partial charge in [-0.2, -0.15) is 0 Å². The van der Waals surface area contributed by atoms with Crippen molar-refractivity contribution in [2.45, 2.75) is 39.2 Å². The zero-order valence-electron chi connectivity index (χ0n) is 12.9. The van der Waals surface area contributed by atoms with E-state index in [4.69, 9.17) is 10.5 Å². The molecule has 0 saturated heterocycles. The van der Waals surface area contributed by atoms with Gasteiger partial charge in [-0.3, -0.25) is 9.59 Å². The molecule has 116 valence electrons. The number of benzene rings is 1. The minimum atomic E-state index is -0.599. The summed E-state index contributed by atoms with van der Waals surface area (Å²) in [7, 11) is 1.61. The Balaban J connectivity index is 2.50. The summed E-state index contributed by atoms with van der Waals surface area (Å²) in [6, 6.07) is 6.97. The van der Waals surface area contributed by atoms with E-state index in [-0.39, 0.29) is 11.8 Å². The molecule has 21 heavy (non-hydrogen) atoms. The van der Waals surface area contributed by atoms with Crippen molar-refractivity contribution in [2.24, 2.45) is 11.7 Å². The molecule has 0 aliphatic heterocycles. The van der Waals surface area contributed by atoms with Crippen LogP contribution >= 0.6 is 0 Å². The van der Waals surface area contributed by atoms with Crippen LogP contribution < -0.4 is 15.8 Å². The van der Waals surface area contributed by atoms with Crippen LogP contribution in [0.15, 0.2) is 24.3 Å². The van der Waals surface area contributed by atoms with Gasteiger partial charge in [-0.25, -0.2) is 0 Å². The van der Waals surface area contributed by atoms with Gasteiger partial charge in [0.25, 0.3) is 0 Å². The van der Waals surface area contributed by atoms with E-state index in [1.54, 1.807) is 7.11 Å². The van der Waals surface area contributed by atoms with Crippen molar-refractivity contribution in [1.82, 2.24) is 5.32 Å². The van der Waals surface area contributed by atoms with E-state index in [0.29, 0.717) is 12.8 Å². The Morgan fingerprint density at radius 3 is 2.38 bits per heavy atom. The lowest BCUT2D eigenvalue weighted by Crippen LogP contribution is -2.48. The van der Waals surface area contributed by atoms with Gasteiger partial charge in [0.2, 0.25) is 11.8 Å². The molecule has 0 spiro atoms. The fourth-order valence-electron chi connectivity index (χ4n) is 2.03. The number of hydrogen-bond acceptors (Lipinski definition) is 3. The van der Waals surface area contributed by atoms with E-state index in [9.17, 15) is 9.59 Å². The largest absolute Gasteiger partial charge is 0.497 e. The molecule has 0 aromatic heterocycles. The third kappa shape index (κ3) is 5.45. The lowest BCUT2D eigenvalue weighted by molar-refractivity contribution is -0.128. The standard InChI is InChI=1S/C16H24N2O3/c1-4-11(2)15(16(17)20)18-14(19)10-7-12-5-8-13(21-3)9-6-12/h5-6,8-9,11,15H,4,7,10H2,1-3H3,(H2,17,20)(H,18,19). The van der Waals surface area contributed by atoms with E-state index >= 15 is 0 Å². The fraction of sp³-hybridized carbons (Fsp3) is 0.500. The second-order valence-corrected chi connectivity index (χ2v) is 5.18. The number of primary amides is 1. The van der Waals surface area contributed by atoms with E-state index in [0.717, 1.165) is 17.7 Å². The molecule has 0 aliphatic rings. The SMILES string of the molecule is CCC(C)C(NC(=O)CCc1ccc(OC)cc1)C(N)=O. The van der Waals surface area contributed by atoms with Crippen LogP contribution in [-0.2, 0) is 16.0 Å². The second-order valence-electron chi connectivity index (χ2n) is 5.18. The first-order valence-electron chi connectivity index (χ1n) is 7.19. The van der Waals surface area contributed by atoms with Crippen LogP contribution in [0.25, 0.3) is 0 Å². The maximum absolute atomic E-state index is 11.9. The quantitative estimate of drug-likeness (QED) is 0.764. The van der Waals surface area contributed by atoms with Crippen molar-refractivity contribution in [3.05, 3.63) is 29.8 Å². The highest BCUT2D eigenvalue weighted by atomic mass is 16.5. The molecular formula is C16H24N2O3. The van der Waals surface area contributed by atoms with Gasteiger partial charge in [0.05, 0.1) is 7.11 Å². The topological polar surface area (TPSA) is 81.4 Å². The van der Waals surface area contributed by atoms with Gasteiger partial charge in [-0.05, 0) is 30.0 Å². The Hall–Kier alpha value is -2.04. The Morgan fingerprint density at radius 2 is 1.90 bits per heavy atom. The van der Waals surface area contributed by atoms with Crippen molar-refractivity contribution < 1.29 is 14.3 Å². The fourth-order valence-corrected chi connectivity index (χ4v) is 2.03. The van der Waals surface area contributed by atoms with Gasteiger partial charge in [-0.15, -0.1) is 0 Å². The highest BCUT2D eigenvalue weighted by Crippen LogP contribution is 2.13. The van der Waals surface area contributed by atoms with Crippen LogP contribution in [0.5, 0.6) is 5.75 Å². The summed E-state index contributed by atoms with van der Waals surface area (Å²) in [4.78, 5) is 23.3. The summed E-state index contributed by atoms with van der Waals surface area (Å²) < 4.78 is 5.08. The first-order valence-corrected chi connectivity index (χ1v) is 7.19. The minimum absolute atomic E-state index is 0.0347. The number of carbonyl (C=O) groups is 2. The van der Waals surface area contributed by atoms with Crippen molar-refractivity contribution in [3.63, 3.8) is 0 Å². The molecule has 0 aliphatic carbocycles. The van der Waals surface area contributed by atoms with E-state index in [1.807, 2.05) is 38.1 Å². The molecule has 0 heterocycles. The number of nitrogens with one attached hydrogen (secondary N) is 1. The van der Waals surface area contributed by atoms with E-state index in [2.05, 4.69) is 5.32 Å². The third-order valence-electron chi connectivity index (χ3n) is 3.64. The maximum Gasteiger partial charge on any atom is 0.240 e. The van der Waals surface area contributed by atoms with Crippen molar-refractivity contribution in [1.29, 1.82) is 0 Å². The van der Waals surface area contributed by atoms with E-state index in [1.165, 1.54) is 0 Å². The predicted molar refractivity (Wildman–Crippen MR) is 81.9 cm³/mol. The molecule has 2 unspecified atom stereocenters. The van der Waals surface area contributed by atoms with Crippen LogP contribution in [0.4, 0.5) is 0 Å². The maximum atomic E-state index is 11.9. The van der Waals surface area contributed by atoms with Gasteiger partial charge in [-0.1, -0.05) is 32.4 Å². The molecule has 1 rings (SSSR count). The zero-order valence-corrected chi connectivity index (χ0v) is 12.9.